The second-order valence-corrected chi connectivity index (χ2v) is 9.66. The molecule has 18 heavy (non-hydrogen) atoms. The van der Waals surface area contributed by atoms with Gasteiger partial charge in [-0.3, -0.25) is 0 Å². The molecule has 0 aromatic carbocycles. The summed E-state index contributed by atoms with van der Waals surface area (Å²) in [4.78, 5) is 0. The molecule has 1 rings (SSSR count). The Hall–Kier alpha value is -0.180. The Morgan fingerprint density at radius 2 is 1.72 bits per heavy atom. The van der Waals surface area contributed by atoms with Gasteiger partial charge in [0.25, 0.3) is 0 Å². The molecule has 8 heteroatoms. The number of aliphatic hydroxyl groups excluding tert-OH is 1. The maximum absolute atomic E-state index is 12.1. The molecule has 0 aromatic rings. The quantitative estimate of drug-likeness (QED) is 0.738. The van der Waals surface area contributed by atoms with E-state index in [1.165, 1.54) is 6.92 Å². The topological polar surface area (TPSA) is 101 Å². The van der Waals surface area contributed by atoms with Crippen LogP contribution in [-0.4, -0.2) is 50.3 Å². The minimum atomic E-state index is -3.61. The van der Waals surface area contributed by atoms with Crippen LogP contribution in [0, 0.1) is 0 Å². The lowest BCUT2D eigenvalue weighted by molar-refractivity contribution is 0.111. The van der Waals surface area contributed by atoms with Gasteiger partial charge in [0.05, 0.1) is 28.4 Å². The molecule has 0 radical (unpaired) electrons. The zero-order valence-electron chi connectivity index (χ0n) is 10.9. The first kappa shape index (κ1) is 15.9. The molecule has 1 heterocycles. The number of aliphatic hydroxyl groups is 1. The molecule has 1 unspecified atom stereocenters. The third-order valence-electron chi connectivity index (χ3n) is 3.39. The first-order valence-corrected chi connectivity index (χ1v) is 9.24. The van der Waals surface area contributed by atoms with Crippen LogP contribution in [0.2, 0.25) is 0 Å². The van der Waals surface area contributed by atoms with Crippen molar-refractivity contribution in [1.82, 2.24) is 4.72 Å². The van der Waals surface area contributed by atoms with Crippen LogP contribution < -0.4 is 4.72 Å². The first-order valence-electron chi connectivity index (χ1n) is 5.87. The minimum absolute atomic E-state index is 0.0896. The fraction of sp³-hybridized carbons (Fsp3) is 1.00. The largest absolute Gasteiger partial charge is 0.391 e. The molecule has 2 N–H and O–H groups in total. The van der Waals surface area contributed by atoms with E-state index in [1.807, 2.05) is 0 Å². The highest BCUT2D eigenvalue weighted by atomic mass is 32.2. The third-order valence-corrected chi connectivity index (χ3v) is 7.27. The highest BCUT2D eigenvalue weighted by molar-refractivity contribution is 7.92. The van der Waals surface area contributed by atoms with Gasteiger partial charge in [0.1, 0.15) is 9.84 Å². The molecule has 6 nitrogen and oxygen atoms in total. The fourth-order valence-electron chi connectivity index (χ4n) is 1.71. The van der Waals surface area contributed by atoms with Crippen molar-refractivity contribution in [3.63, 3.8) is 0 Å². The van der Waals surface area contributed by atoms with Gasteiger partial charge in [-0.1, -0.05) is 0 Å². The van der Waals surface area contributed by atoms with Crippen molar-refractivity contribution in [3.8, 4) is 0 Å². The summed E-state index contributed by atoms with van der Waals surface area (Å²) in [5, 5.41) is 8.81. The van der Waals surface area contributed by atoms with E-state index >= 15 is 0 Å². The second-order valence-electron chi connectivity index (χ2n) is 5.40. The van der Waals surface area contributed by atoms with Gasteiger partial charge in [0.15, 0.2) is 0 Å². The van der Waals surface area contributed by atoms with Gasteiger partial charge in [-0.05, 0) is 33.6 Å². The zero-order valence-corrected chi connectivity index (χ0v) is 12.5. The molecule has 108 valence electrons. The summed E-state index contributed by atoms with van der Waals surface area (Å²) in [5.41, 5.74) is -0.963. The standard InChI is InChI=1S/C10H21NO5S2/c1-8(12)10(2,3)11-18(15,16)9-4-6-17(13,14)7-5-9/h8-9,11-12H,4-7H2,1-3H3. The summed E-state index contributed by atoms with van der Waals surface area (Å²) >= 11 is 0. The van der Waals surface area contributed by atoms with Crippen molar-refractivity contribution >= 4 is 19.9 Å². The molecule has 1 aliphatic rings. The predicted molar refractivity (Wildman–Crippen MR) is 69.5 cm³/mol. The van der Waals surface area contributed by atoms with E-state index in [-0.39, 0.29) is 24.3 Å². The number of sulfone groups is 1. The van der Waals surface area contributed by atoms with Crippen LogP contribution in [0.5, 0.6) is 0 Å². The minimum Gasteiger partial charge on any atom is -0.391 e. The van der Waals surface area contributed by atoms with Crippen molar-refractivity contribution in [2.24, 2.45) is 0 Å². The monoisotopic (exact) mass is 299 g/mol. The van der Waals surface area contributed by atoms with Crippen LogP contribution in [0.3, 0.4) is 0 Å². The summed E-state index contributed by atoms with van der Waals surface area (Å²) in [7, 11) is -6.69. The van der Waals surface area contributed by atoms with Crippen LogP contribution in [0.25, 0.3) is 0 Å². The maximum Gasteiger partial charge on any atom is 0.215 e. The summed E-state index contributed by atoms with van der Waals surface area (Å²) in [6.07, 6.45) is -0.596. The molecule has 1 aliphatic heterocycles. The SMILES string of the molecule is CC(O)C(C)(C)NS(=O)(=O)C1CCS(=O)(=O)CC1. The molecular formula is C10H21NO5S2. The summed E-state index contributed by atoms with van der Waals surface area (Å²) < 4.78 is 49.2. The zero-order chi connectivity index (χ0) is 14.2. The Bertz CT molecular complexity index is 478. The molecule has 0 aromatic heterocycles. The molecule has 1 fully saturated rings. The first-order chi connectivity index (χ1) is 7.96. The Labute approximate surface area is 109 Å². The number of hydrogen-bond donors (Lipinski definition) is 2. The number of nitrogens with one attached hydrogen (secondary N) is 1. The Morgan fingerprint density at radius 1 is 1.28 bits per heavy atom. The van der Waals surface area contributed by atoms with Crippen LogP contribution in [0.1, 0.15) is 33.6 Å². The van der Waals surface area contributed by atoms with Gasteiger partial charge in [-0.15, -0.1) is 0 Å². The predicted octanol–water partition coefficient (Wildman–Crippen LogP) is -0.358. The molecule has 1 saturated heterocycles. The molecule has 0 saturated carbocycles. The Balaban J connectivity index is 2.78. The Kier molecular flexibility index (Phi) is 4.47. The molecule has 0 spiro atoms. The van der Waals surface area contributed by atoms with Crippen LogP contribution in [-0.2, 0) is 19.9 Å². The highest BCUT2D eigenvalue weighted by Gasteiger charge is 2.37. The van der Waals surface area contributed by atoms with E-state index in [1.54, 1.807) is 13.8 Å². The van der Waals surface area contributed by atoms with E-state index in [0.29, 0.717) is 0 Å². The summed E-state index contributed by atoms with van der Waals surface area (Å²) in [6.45, 7) is 4.69. The smallest absolute Gasteiger partial charge is 0.215 e. The highest BCUT2D eigenvalue weighted by Crippen LogP contribution is 2.21. The number of sulfonamides is 1. The number of rotatable bonds is 4. The van der Waals surface area contributed by atoms with E-state index in [4.69, 9.17) is 0 Å². The van der Waals surface area contributed by atoms with Gasteiger partial charge < -0.3 is 5.11 Å². The van der Waals surface area contributed by atoms with Crippen molar-refractivity contribution in [2.75, 3.05) is 11.5 Å². The van der Waals surface area contributed by atoms with Crippen molar-refractivity contribution in [3.05, 3.63) is 0 Å². The lowest BCUT2D eigenvalue weighted by Crippen LogP contribution is -2.54. The average Bonchev–Trinajstić information content (AvgIpc) is 2.14. The lowest BCUT2D eigenvalue weighted by atomic mass is 10.0. The maximum atomic E-state index is 12.1. The number of hydrogen-bond acceptors (Lipinski definition) is 5. The van der Waals surface area contributed by atoms with Crippen LogP contribution >= 0.6 is 0 Å². The second kappa shape index (κ2) is 5.07. The van der Waals surface area contributed by atoms with Gasteiger partial charge in [-0.25, -0.2) is 21.6 Å². The van der Waals surface area contributed by atoms with Crippen LogP contribution in [0.4, 0.5) is 0 Å². The molecular weight excluding hydrogens is 278 g/mol. The molecule has 0 aliphatic carbocycles. The summed E-state index contributed by atoms with van der Waals surface area (Å²) in [5.74, 6) is -0.179. The van der Waals surface area contributed by atoms with Crippen LogP contribution in [0.15, 0.2) is 0 Å². The van der Waals surface area contributed by atoms with E-state index < -0.39 is 36.8 Å². The van der Waals surface area contributed by atoms with E-state index in [2.05, 4.69) is 4.72 Å². The van der Waals surface area contributed by atoms with E-state index in [0.717, 1.165) is 0 Å². The lowest BCUT2D eigenvalue weighted by Gasteiger charge is -2.32. The fourth-order valence-corrected chi connectivity index (χ4v) is 5.43. The summed E-state index contributed by atoms with van der Waals surface area (Å²) in [6, 6.07) is 0. The van der Waals surface area contributed by atoms with Gasteiger partial charge in [-0.2, -0.15) is 0 Å². The molecule has 0 bridgehead atoms. The van der Waals surface area contributed by atoms with Crippen molar-refractivity contribution in [2.45, 2.75) is 50.5 Å². The van der Waals surface area contributed by atoms with Gasteiger partial charge >= 0.3 is 0 Å². The Morgan fingerprint density at radius 3 is 2.11 bits per heavy atom. The van der Waals surface area contributed by atoms with Gasteiger partial charge in [0.2, 0.25) is 10.0 Å². The van der Waals surface area contributed by atoms with E-state index in [9.17, 15) is 21.9 Å². The average molecular weight is 299 g/mol. The van der Waals surface area contributed by atoms with Gasteiger partial charge in [0, 0.05) is 0 Å². The molecule has 0 amide bonds. The molecule has 1 atom stereocenters. The van der Waals surface area contributed by atoms with Crippen molar-refractivity contribution in [1.29, 1.82) is 0 Å². The third kappa shape index (κ3) is 3.91. The van der Waals surface area contributed by atoms with Crippen molar-refractivity contribution < 1.29 is 21.9 Å². The normalized spacial score (nSPS) is 23.8.